The Kier molecular flexibility index (Phi) is 4.29. The molecule has 0 bridgehead atoms. The predicted octanol–water partition coefficient (Wildman–Crippen LogP) is 1.74. The smallest absolute Gasteiger partial charge is 0.251 e. The van der Waals surface area contributed by atoms with E-state index in [1.165, 1.54) is 0 Å². The fourth-order valence-electron chi connectivity index (χ4n) is 3.05. The van der Waals surface area contributed by atoms with Crippen LogP contribution in [-0.2, 0) is 0 Å². The number of rotatable bonds is 3. The number of benzene rings is 1. The molecule has 21 heavy (non-hydrogen) atoms. The van der Waals surface area contributed by atoms with E-state index in [9.17, 15) is 9.90 Å². The molecule has 1 aliphatic heterocycles. The molecule has 2 aliphatic rings. The quantitative estimate of drug-likeness (QED) is 0.890. The third-order valence-electron chi connectivity index (χ3n) is 4.26. The van der Waals surface area contributed by atoms with Crippen molar-refractivity contribution in [2.75, 3.05) is 19.8 Å². The van der Waals surface area contributed by atoms with E-state index in [-0.39, 0.29) is 24.5 Å². The van der Waals surface area contributed by atoms with Gasteiger partial charge in [-0.1, -0.05) is 12.8 Å². The second kappa shape index (κ2) is 6.35. The molecule has 0 radical (unpaired) electrons. The van der Waals surface area contributed by atoms with E-state index in [1.807, 2.05) is 0 Å². The monoisotopic (exact) mass is 291 g/mol. The molecule has 0 aromatic heterocycles. The predicted molar refractivity (Wildman–Crippen MR) is 77.7 cm³/mol. The molecule has 1 aromatic carbocycles. The Labute approximate surface area is 124 Å². The maximum absolute atomic E-state index is 12.4. The van der Waals surface area contributed by atoms with Gasteiger partial charge in [-0.05, 0) is 31.0 Å². The number of ether oxygens (including phenoxy) is 2. The molecule has 2 N–H and O–H groups in total. The van der Waals surface area contributed by atoms with Gasteiger partial charge in [0.05, 0.1) is 0 Å². The fraction of sp³-hybridized carbons (Fsp3) is 0.562. The lowest BCUT2D eigenvalue weighted by atomic mass is 9.85. The molecule has 2 unspecified atom stereocenters. The van der Waals surface area contributed by atoms with E-state index in [0.29, 0.717) is 30.3 Å². The fourth-order valence-corrected chi connectivity index (χ4v) is 3.05. The molecule has 1 aromatic rings. The minimum atomic E-state index is -0.114. The second-order valence-electron chi connectivity index (χ2n) is 5.67. The van der Waals surface area contributed by atoms with Crippen molar-refractivity contribution in [3.63, 3.8) is 0 Å². The van der Waals surface area contributed by atoms with Crippen LogP contribution in [-0.4, -0.2) is 36.9 Å². The number of aliphatic hydroxyl groups excluding tert-OH is 1. The first-order valence-corrected chi connectivity index (χ1v) is 7.59. The maximum Gasteiger partial charge on any atom is 0.251 e. The lowest BCUT2D eigenvalue weighted by molar-refractivity contribution is 0.0871. The highest BCUT2D eigenvalue weighted by molar-refractivity contribution is 5.95. The molecule has 0 spiro atoms. The minimum Gasteiger partial charge on any atom is -0.486 e. The molecule has 3 rings (SSSR count). The Morgan fingerprint density at radius 1 is 1.19 bits per heavy atom. The summed E-state index contributed by atoms with van der Waals surface area (Å²) in [5.41, 5.74) is 0.571. The van der Waals surface area contributed by atoms with Crippen molar-refractivity contribution in [1.82, 2.24) is 5.32 Å². The van der Waals surface area contributed by atoms with Gasteiger partial charge in [-0.3, -0.25) is 4.79 Å². The van der Waals surface area contributed by atoms with Gasteiger partial charge < -0.3 is 19.9 Å². The van der Waals surface area contributed by atoms with Crippen molar-refractivity contribution >= 4 is 5.91 Å². The molecule has 5 heteroatoms. The van der Waals surface area contributed by atoms with Crippen LogP contribution in [0.5, 0.6) is 11.5 Å². The molecular weight excluding hydrogens is 270 g/mol. The Morgan fingerprint density at radius 2 is 1.95 bits per heavy atom. The van der Waals surface area contributed by atoms with Crippen molar-refractivity contribution < 1.29 is 19.4 Å². The number of amides is 1. The second-order valence-corrected chi connectivity index (χ2v) is 5.67. The number of fused-ring (bicyclic) bond motifs is 1. The summed E-state index contributed by atoms with van der Waals surface area (Å²) in [4.78, 5) is 12.4. The first kappa shape index (κ1) is 14.2. The molecule has 1 amide bonds. The van der Waals surface area contributed by atoms with Crippen molar-refractivity contribution in [2.45, 2.75) is 31.7 Å². The maximum atomic E-state index is 12.4. The van der Waals surface area contributed by atoms with Crippen LogP contribution in [0.3, 0.4) is 0 Å². The van der Waals surface area contributed by atoms with Crippen LogP contribution >= 0.6 is 0 Å². The van der Waals surface area contributed by atoms with Gasteiger partial charge in [0.15, 0.2) is 11.5 Å². The number of carbonyl (C=O) groups is 1. The number of hydrogen-bond acceptors (Lipinski definition) is 4. The summed E-state index contributed by atoms with van der Waals surface area (Å²) in [6.07, 6.45) is 4.13. The Hall–Kier alpha value is -1.75. The largest absolute Gasteiger partial charge is 0.486 e. The number of aliphatic hydroxyl groups is 1. The lowest BCUT2D eigenvalue weighted by Gasteiger charge is -2.31. The van der Waals surface area contributed by atoms with Gasteiger partial charge >= 0.3 is 0 Å². The summed E-state index contributed by atoms with van der Waals surface area (Å²) in [6, 6.07) is 5.30. The Balaban J connectivity index is 1.70. The van der Waals surface area contributed by atoms with Gasteiger partial charge in [-0.2, -0.15) is 0 Å². The van der Waals surface area contributed by atoms with E-state index in [4.69, 9.17) is 9.47 Å². The van der Waals surface area contributed by atoms with Gasteiger partial charge in [0.2, 0.25) is 0 Å². The highest BCUT2D eigenvalue weighted by Crippen LogP contribution is 2.31. The third-order valence-corrected chi connectivity index (χ3v) is 4.26. The van der Waals surface area contributed by atoms with Crippen molar-refractivity contribution in [2.24, 2.45) is 5.92 Å². The van der Waals surface area contributed by atoms with Crippen molar-refractivity contribution in [3.05, 3.63) is 23.8 Å². The van der Waals surface area contributed by atoms with Crippen LogP contribution in [0.2, 0.25) is 0 Å². The topological polar surface area (TPSA) is 67.8 Å². The molecule has 5 nitrogen and oxygen atoms in total. The van der Waals surface area contributed by atoms with Crippen molar-refractivity contribution in [3.8, 4) is 11.5 Å². The van der Waals surface area contributed by atoms with Gasteiger partial charge in [-0.25, -0.2) is 0 Å². The molecule has 0 saturated heterocycles. The molecule has 114 valence electrons. The lowest BCUT2D eigenvalue weighted by Crippen LogP contribution is -2.43. The van der Waals surface area contributed by atoms with E-state index in [1.54, 1.807) is 18.2 Å². The standard InChI is InChI=1S/C16H21NO4/c18-10-12-3-1-2-4-13(12)17-16(19)11-5-6-14-15(9-11)21-8-7-20-14/h5-6,9,12-13,18H,1-4,7-8,10H2,(H,17,19). The van der Waals surface area contributed by atoms with E-state index < -0.39 is 0 Å². The molecule has 1 aliphatic carbocycles. The zero-order valence-corrected chi connectivity index (χ0v) is 12.0. The SMILES string of the molecule is O=C(NC1CCCCC1CO)c1ccc2c(c1)OCCO2. The first-order chi connectivity index (χ1) is 10.3. The third kappa shape index (κ3) is 3.13. The molecule has 1 fully saturated rings. The summed E-state index contributed by atoms with van der Waals surface area (Å²) in [5, 5.41) is 12.5. The number of nitrogens with one attached hydrogen (secondary N) is 1. The summed E-state index contributed by atoms with van der Waals surface area (Å²) in [5.74, 6) is 1.36. The molecule has 2 atom stereocenters. The average molecular weight is 291 g/mol. The van der Waals surface area contributed by atoms with Crippen LogP contribution < -0.4 is 14.8 Å². The zero-order chi connectivity index (χ0) is 14.7. The van der Waals surface area contributed by atoms with E-state index in [2.05, 4.69) is 5.32 Å². The van der Waals surface area contributed by atoms with E-state index >= 15 is 0 Å². The normalized spacial score (nSPS) is 24.4. The van der Waals surface area contributed by atoms with Crippen molar-refractivity contribution in [1.29, 1.82) is 0 Å². The van der Waals surface area contributed by atoms with Crippen LogP contribution in [0.15, 0.2) is 18.2 Å². The van der Waals surface area contributed by atoms with Crippen LogP contribution in [0.1, 0.15) is 36.0 Å². The highest BCUT2D eigenvalue weighted by Gasteiger charge is 2.26. The van der Waals surface area contributed by atoms with Gasteiger partial charge in [0.25, 0.3) is 5.91 Å². The Bertz CT molecular complexity index is 517. The molecular formula is C16H21NO4. The highest BCUT2D eigenvalue weighted by atomic mass is 16.6. The van der Waals surface area contributed by atoms with Crippen LogP contribution in [0, 0.1) is 5.92 Å². The van der Waals surface area contributed by atoms with Crippen LogP contribution in [0.25, 0.3) is 0 Å². The van der Waals surface area contributed by atoms with Gasteiger partial charge in [0, 0.05) is 24.1 Å². The van der Waals surface area contributed by atoms with E-state index in [0.717, 1.165) is 25.7 Å². The molecule has 1 heterocycles. The average Bonchev–Trinajstić information content (AvgIpc) is 2.55. The van der Waals surface area contributed by atoms with Gasteiger partial charge in [-0.15, -0.1) is 0 Å². The molecule has 1 saturated carbocycles. The van der Waals surface area contributed by atoms with Gasteiger partial charge in [0.1, 0.15) is 13.2 Å². The summed E-state index contributed by atoms with van der Waals surface area (Å²) < 4.78 is 11.0. The summed E-state index contributed by atoms with van der Waals surface area (Å²) in [7, 11) is 0. The van der Waals surface area contributed by atoms with Crippen LogP contribution in [0.4, 0.5) is 0 Å². The summed E-state index contributed by atoms with van der Waals surface area (Å²) in [6.45, 7) is 1.18. The zero-order valence-electron chi connectivity index (χ0n) is 12.0. The summed E-state index contributed by atoms with van der Waals surface area (Å²) >= 11 is 0. The Morgan fingerprint density at radius 3 is 2.76 bits per heavy atom. The minimum absolute atomic E-state index is 0.0597. The number of carbonyl (C=O) groups excluding carboxylic acids is 1. The first-order valence-electron chi connectivity index (χ1n) is 7.59. The number of hydrogen-bond donors (Lipinski definition) is 2.